The molecule has 2 aromatic rings. The van der Waals surface area contributed by atoms with Gasteiger partial charge in [0.15, 0.2) is 0 Å². The van der Waals surface area contributed by atoms with Crippen LogP contribution in [-0.4, -0.2) is 60.0 Å². The number of aliphatic hydroxyl groups excluding tert-OH is 1. The first-order valence-corrected chi connectivity index (χ1v) is 14.4. The highest BCUT2D eigenvalue weighted by atomic mass is 35.5. The molecule has 5 atom stereocenters. The minimum atomic E-state index is -1.14. The number of hydrogen-bond acceptors (Lipinski definition) is 5. The predicted octanol–water partition coefficient (Wildman–Crippen LogP) is 4.58. The molecule has 0 spiro atoms. The van der Waals surface area contributed by atoms with Crippen LogP contribution in [0.1, 0.15) is 67.2 Å². The van der Waals surface area contributed by atoms with Crippen molar-refractivity contribution >= 4 is 17.5 Å². The Morgan fingerprint density at radius 3 is 2.71 bits per heavy atom. The molecule has 7 heteroatoms. The van der Waals surface area contributed by atoms with Gasteiger partial charge in [0, 0.05) is 49.7 Å². The molecule has 1 saturated carbocycles. The molecule has 1 aliphatic carbocycles. The van der Waals surface area contributed by atoms with Crippen molar-refractivity contribution in [3.05, 3.63) is 69.7 Å². The lowest BCUT2D eigenvalue weighted by Gasteiger charge is -2.44. The number of methoxy groups -OCH3 is 1. The van der Waals surface area contributed by atoms with Crippen molar-refractivity contribution in [3.8, 4) is 0 Å². The van der Waals surface area contributed by atoms with Crippen LogP contribution in [0.2, 0.25) is 5.02 Å². The van der Waals surface area contributed by atoms with Gasteiger partial charge in [-0.25, -0.2) is 0 Å². The van der Waals surface area contributed by atoms with E-state index in [1.54, 1.807) is 7.11 Å². The third-order valence-electron chi connectivity index (χ3n) is 8.54. The van der Waals surface area contributed by atoms with Crippen LogP contribution in [0.5, 0.6) is 0 Å². The van der Waals surface area contributed by atoms with E-state index in [9.17, 15) is 15.0 Å². The number of likely N-dealkylation sites (tertiary alicyclic amines) is 1. The molecule has 0 radical (unpaired) electrons. The molecule has 1 saturated heterocycles. The summed E-state index contributed by atoms with van der Waals surface area (Å²) in [5, 5.41) is 23.4. The topological polar surface area (TPSA) is 96.0 Å². The lowest BCUT2D eigenvalue weighted by molar-refractivity contribution is -0.141. The second kappa shape index (κ2) is 12.9. The average Bonchev–Trinajstić information content (AvgIpc) is 3.25. The van der Waals surface area contributed by atoms with E-state index in [4.69, 9.17) is 22.1 Å². The fraction of sp³-hybridized carbons (Fsp3) is 0.581. The Balaban J connectivity index is 1.64. The summed E-state index contributed by atoms with van der Waals surface area (Å²) in [6, 6.07) is 13.9. The van der Waals surface area contributed by atoms with Gasteiger partial charge in [-0.3, -0.25) is 4.79 Å². The van der Waals surface area contributed by atoms with Gasteiger partial charge in [-0.05, 0) is 81.0 Å². The maximum atomic E-state index is 13.4. The molecule has 208 valence electrons. The molecule has 2 aliphatic rings. The monoisotopic (exact) mass is 542 g/mol. The van der Waals surface area contributed by atoms with Crippen LogP contribution in [0.3, 0.4) is 0 Å². The summed E-state index contributed by atoms with van der Waals surface area (Å²) < 4.78 is 5.28. The Morgan fingerprint density at radius 2 is 2.00 bits per heavy atom. The zero-order valence-corrected chi connectivity index (χ0v) is 23.5. The molecule has 4 N–H and O–H groups in total. The quantitative estimate of drug-likeness (QED) is 0.382. The third kappa shape index (κ3) is 6.60. The van der Waals surface area contributed by atoms with Gasteiger partial charge in [0.2, 0.25) is 5.91 Å². The highest BCUT2D eigenvalue weighted by molar-refractivity contribution is 6.31. The minimum absolute atomic E-state index is 0.0505. The Labute approximate surface area is 232 Å². The Bertz CT molecular complexity index is 1090. The number of benzene rings is 2. The van der Waals surface area contributed by atoms with Crippen LogP contribution in [0.25, 0.3) is 0 Å². The zero-order chi connectivity index (χ0) is 27.3. The first-order chi connectivity index (χ1) is 18.2. The van der Waals surface area contributed by atoms with E-state index in [-0.39, 0.29) is 23.8 Å². The van der Waals surface area contributed by atoms with E-state index in [0.29, 0.717) is 50.4 Å². The van der Waals surface area contributed by atoms with Gasteiger partial charge in [0.1, 0.15) is 0 Å². The molecule has 1 heterocycles. The standard InChI is InChI=1S/C31H43ClN2O4/c1-21-8-5-9-22(16-21)17-25-26(11-6-12-27(25)32)31(37,13-3-4-15-38-2)24-10-7-14-34(20-24)30(36)23-18-28(33)29(35)19-23/h5-6,8-9,11-12,16,23-24,28-29,35,37H,3-4,7,10,13-15,17-20,33H2,1-2H3/t23-,24+,28+,29-,31-/m0/s1. The highest BCUT2D eigenvalue weighted by Gasteiger charge is 2.44. The van der Waals surface area contributed by atoms with Crippen molar-refractivity contribution in [1.82, 2.24) is 4.90 Å². The fourth-order valence-electron chi connectivity index (χ4n) is 6.44. The molecule has 0 bridgehead atoms. The molecular formula is C31H43ClN2O4. The molecule has 0 unspecified atom stereocenters. The van der Waals surface area contributed by atoms with E-state index >= 15 is 0 Å². The van der Waals surface area contributed by atoms with Gasteiger partial charge in [0.05, 0.1) is 11.7 Å². The van der Waals surface area contributed by atoms with Gasteiger partial charge in [0.25, 0.3) is 0 Å². The first kappa shape index (κ1) is 29.0. The second-order valence-electron chi connectivity index (χ2n) is 11.3. The van der Waals surface area contributed by atoms with Gasteiger partial charge in [-0.15, -0.1) is 0 Å². The van der Waals surface area contributed by atoms with E-state index in [1.165, 1.54) is 5.56 Å². The van der Waals surface area contributed by atoms with Crippen molar-refractivity contribution in [1.29, 1.82) is 0 Å². The van der Waals surface area contributed by atoms with Crippen molar-refractivity contribution in [2.24, 2.45) is 17.6 Å². The molecular weight excluding hydrogens is 500 g/mol. The number of halogens is 1. The molecule has 38 heavy (non-hydrogen) atoms. The number of rotatable bonds is 10. The number of hydrogen-bond donors (Lipinski definition) is 3. The van der Waals surface area contributed by atoms with Gasteiger partial charge in [-0.2, -0.15) is 0 Å². The molecule has 2 fully saturated rings. The van der Waals surface area contributed by atoms with Crippen LogP contribution in [-0.2, 0) is 21.6 Å². The van der Waals surface area contributed by atoms with Gasteiger partial charge in [-0.1, -0.05) is 53.6 Å². The largest absolute Gasteiger partial charge is 0.391 e. The number of amides is 1. The van der Waals surface area contributed by atoms with E-state index < -0.39 is 11.7 Å². The maximum absolute atomic E-state index is 13.4. The number of nitrogens with zero attached hydrogens (tertiary/aromatic N) is 1. The number of nitrogens with two attached hydrogens (primary N) is 1. The number of carbonyl (C=O) groups excluding carboxylic acids is 1. The number of unbranched alkanes of at least 4 members (excludes halogenated alkanes) is 1. The second-order valence-corrected chi connectivity index (χ2v) is 11.7. The van der Waals surface area contributed by atoms with Crippen molar-refractivity contribution in [2.75, 3.05) is 26.8 Å². The van der Waals surface area contributed by atoms with Crippen LogP contribution >= 0.6 is 11.6 Å². The summed E-state index contributed by atoms with van der Waals surface area (Å²) in [4.78, 5) is 15.3. The number of aliphatic hydroxyl groups is 2. The molecule has 4 rings (SSSR count). The van der Waals surface area contributed by atoms with Crippen LogP contribution in [0.4, 0.5) is 0 Å². The van der Waals surface area contributed by atoms with E-state index in [1.807, 2.05) is 23.1 Å². The summed E-state index contributed by atoms with van der Waals surface area (Å²) in [6.07, 6.45) is 4.79. The Hall–Kier alpha value is -1.96. The van der Waals surface area contributed by atoms with Crippen molar-refractivity contribution in [2.45, 2.75) is 76.0 Å². The predicted molar refractivity (Wildman–Crippen MR) is 151 cm³/mol. The maximum Gasteiger partial charge on any atom is 0.225 e. The molecule has 0 aromatic heterocycles. The van der Waals surface area contributed by atoms with E-state index in [0.717, 1.165) is 42.4 Å². The summed E-state index contributed by atoms with van der Waals surface area (Å²) in [5.74, 6) is -0.330. The summed E-state index contributed by atoms with van der Waals surface area (Å²) in [7, 11) is 1.69. The molecule has 2 aromatic carbocycles. The minimum Gasteiger partial charge on any atom is -0.391 e. The normalized spacial score (nSPS) is 25.4. The molecule has 6 nitrogen and oxygen atoms in total. The van der Waals surface area contributed by atoms with Gasteiger partial charge < -0.3 is 25.6 Å². The molecule has 1 amide bonds. The lowest BCUT2D eigenvalue weighted by atomic mass is 9.72. The van der Waals surface area contributed by atoms with Crippen LogP contribution in [0, 0.1) is 18.8 Å². The smallest absolute Gasteiger partial charge is 0.225 e. The SMILES string of the molecule is COCCCC[C@@](O)(c1cccc(Cl)c1Cc1cccc(C)c1)[C@@H]1CCCN(C(=O)[C@H]2C[C@@H](N)[C@@H](O)C2)C1. The zero-order valence-electron chi connectivity index (χ0n) is 22.7. The summed E-state index contributed by atoms with van der Waals surface area (Å²) in [6.45, 7) is 3.87. The Kier molecular flexibility index (Phi) is 9.88. The van der Waals surface area contributed by atoms with E-state index in [2.05, 4.69) is 31.2 Å². The lowest BCUT2D eigenvalue weighted by Crippen LogP contribution is -2.49. The van der Waals surface area contributed by atoms with Crippen LogP contribution in [0.15, 0.2) is 42.5 Å². The number of aryl methyl sites for hydroxylation is 1. The van der Waals surface area contributed by atoms with Gasteiger partial charge >= 0.3 is 0 Å². The third-order valence-corrected chi connectivity index (χ3v) is 8.89. The van der Waals surface area contributed by atoms with Crippen molar-refractivity contribution < 1.29 is 19.7 Å². The number of carbonyl (C=O) groups is 1. The summed E-state index contributed by atoms with van der Waals surface area (Å²) >= 11 is 6.81. The average molecular weight is 543 g/mol. The Morgan fingerprint density at radius 1 is 1.21 bits per heavy atom. The summed E-state index contributed by atoms with van der Waals surface area (Å²) in [5.41, 5.74) is 9.02. The fourth-order valence-corrected chi connectivity index (χ4v) is 6.69. The van der Waals surface area contributed by atoms with Crippen LogP contribution < -0.4 is 5.73 Å². The highest BCUT2D eigenvalue weighted by Crippen LogP contribution is 2.43. The molecule has 1 aliphatic heterocycles. The number of ether oxygens (including phenoxy) is 1. The number of piperidine rings is 1. The first-order valence-electron chi connectivity index (χ1n) is 14.0. The van der Waals surface area contributed by atoms with Crippen molar-refractivity contribution in [3.63, 3.8) is 0 Å².